The van der Waals surface area contributed by atoms with Gasteiger partial charge in [0.2, 0.25) is 0 Å². The number of hydrogen-bond acceptors (Lipinski definition) is 3. The van der Waals surface area contributed by atoms with Crippen LogP contribution in [0.2, 0.25) is 0 Å². The zero-order chi connectivity index (χ0) is 12.0. The van der Waals surface area contributed by atoms with Gasteiger partial charge < -0.3 is 9.47 Å². The van der Waals surface area contributed by atoms with E-state index in [2.05, 4.69) is 0 Å². The van der Waals surface area contributed by atoms with Crippen LogP contribution in [-0.4, -0.2) is 25.3 Å². The van der Waals surface area contributed by atoms with Crippen LogP contribution in [0.5, 0.6) is 0 Å². The number of carbonyl (C=O) groups excluding carboxylic acids is 1. The molecule has 16 heavy (non-hydrogen) atoms. The highest BCUT2D eigenvalue weighted by Crippen LogP contribution is 2.07. The molecule has 0 aliphatic heterocycles. The average molecular weight is 226 g/mol. The van der Waals surface area contributed by atoms with Crippen molar-refractivity contribution in [3.8, 4) is 0 Å². The van der Waals surface area contributed by atoms with Gasteiger partial charge in [-0.15, -0.1) is 0 Å². The molecule has 1 atom stereocenters. The lowest BCUT2D eigenvalue weighted by atomic mass is 10.2. The normalized spacial score (nSPS) is 12.2. The Labute approximate surface area is 94.2 Å². The van der Waals surface area contributed by atoms with Crippen LogP contribution >= 0.6 is 0 Å². The highest BCUT2D eigenvalue weighted by molar-refractivity contribution is 5.89. The van der Waals surface area contributed by atoms with Gasteiger partial charge in [-0.25, -0.2) is 9.18 Å². The van der Waals surface area contributed by atoms with Crippen LogP contribution in [0.15, 0.2) is 24.3 Å². The summed E-state index contributed by atoms with van der Waals surface area (Å²) in [6.45, 7) is 4.51. The lowest BCUT2D eigenvalue weighted by molar-refractivity contribution is 0.00436. The van der Waals surface area contributed by atoms with Crippen molar-refractivity contribution in [3.05, 3.63) is 35.6 Å². The first-order chi connectivity index (χ1) is 7.63. The van der Waals surface area contributed by atoms with E-state index in [4.69, 9.17) is 9.47 Å². The number of carbonyl (C=O) groups is 1. The molecule has 0 bridgehead atoms. The summed E-state index contributed by atoms with van der Waals surface area (Å²) in [6.07, 6.45) is -0.337. The first-order valence-corrected chi connectivity index (χ1v) is 5.17. The molecule has 0 spiro atoms. The van der Waals surface area contributed by atoms with E-state index in [0.29, 0.717) is 13.2 Å². The molecule has 0 fully saturated rings. The Morgan fingerprint density at radius 3 is 2.88 bits per heavy atom. The Morgan fingerprint density at radius 1 is 1.50 bits per heavy atom. The summed E-state index contributed by atoms with van der Waals surface area (Å²) in [5.41, 5.74) is 0.211. The number of halogens is 1. The molecular formula is C12H15FO3. The molecule has 1 unspecified atom stereocenters. The third-order valence-electron chi connectivity index (χ3n) is 1.93. The van der Waals surface area contributed by atoms with Crippen molar-refractivity contribution < 1.29 is 18.7 Å². The summed E-state index contributed by atoms with van der Waals surface area (Å²) >= 11 is 0. The van der Waals surface area contributed by atoms with E-state index in [1.54, 1.807) is 6.92 Å². The van der Waals surface area contributed by atoms with E-state index in [0.717, 1.165) is 6.07 Å². The van der Waals surface area contributed by atoms with Gasteiger partial charge in [0.1, 0.15) is 11.9 Å². The number of esters is 1. The third-order valence-corrected chi connectivity index (χ3v) is 1.93. The number of hydrogen-bond donors (Lipinski definition) is 0. The second-order valence-corrected chi connectivity index (χ2v) is 3.39. The minimum absolute atomic E-state index is 0.211. The van der Waals surface area contributed by atoms with Crippen molar-refractivity contribution in [1.82, 2.24) is 0 Å². The Bertz CT molecular complexity index is 352. The first-order valence-electron chi connectivity index (χ1n) is 5.17. The SMILES string of the molecule is CCOCC(C)OC(=O)c1cccc(F)c1. The number of ether oxygens (including phenoxy) is 2. The predicted octanol–water partition coefficient (Wildman–Crippen LogP) is 2.41. The highest BCUT2D eigenvalue weighted by atomic mass is 19.1. The largest absolute Gasteiger partial charge is 0.457 e. The Hall–Kier alpha value is -1.42. The van der Waals surface area contributed by atoms with E-state index in [9.17, 15) is 9.18 Å². The molecule has 4 heteroatoms. The van der Waals surface area contributed by atoms with E-state index in [1.807, 2.05) is 6.92 Å². The molecule has 0 saturated carbocycles. The Kier molecular flexibility index (Phi) is 4.92. The van der Waals surface area contributed by atoms with Gasteiger partial charge in [0.25, 0.3) is 0 Å². The number of rotatable bonds is 5. The van der Waals surface area contributed by atoms with Gasteiger partial charge in [-0.1, -0.05) is 6.07 Å². The molecular weight excluding hydrogens is 211 g/mol. The van der Waals surface area contributed by atoms with Crippen molar-refractivity contribution in [2.45, 2.75) is 20.0 Å². The summed E-state index contributed by atoms with van der Waals surface area (Å²) in [7, 11) is 0. The standard InChI is InChI=1S/C12H15FO3/c1-3-15-8-9(2)16-12(14)10-5-4-6-11(13)7-10/h4-7,9H,3,8H2,1-2H3. The lowest BCUT2D eigenvalue weighted by Crippen LogP contribution is -2.20. The van der Waals surface area contributed by atoms with Crippen LogP contribution < -0.4 is 0 Å². The summed E-state index contributed by atoms with van der Waals surface area (Å²) in [4.78, 5) is 11.5. The maximum atomic E-state index is 12.8. The molecule has 3 nitrogen and oxygen atoms in total. The lowest BCUT2D eigenvalue weighted by Gasteiger charge is -2.12. The quantitative estimate of drug-likeness (QED) is 0.723. The molecule has 1 aromatic rings. The van der Waals surface area contributed by atoms with Crippen LogP contribution in [0, 0.1) is 5.82 Å². The van der Waals surface area contributed by atoms with Crippen molar-refractivity contribution in [1.29, 1.82) is 0 Å². The van der Waals surface area contributed by atoms with Gasteiger partial charge in [-0.05, 0) is 32.0 Å². The minimum Gasteiger partial charge on any atom is -0.457 e. The molecule has 0 saturated heterocycles. The summed E-state index contributed by atoms with van der Waals surface area (Å²) in [5, 5.41) is 0. The minimum atomic E-state index is -0.535. The van der Waals surface area contributed by atoms with Crippen molar-refractivity contribution >= 4 is 5.97 Å². The molecule has 0 heterocycles. The zero-order valence-electron chi connectivity index (χ0n) is 9.40. The second kappa shape index (κ2) is 6.23. The predicted molar refractivity (Wildman–Crippen MR) is 57.8 cm³/mol. The topological polar surface area (TPSA) is 35.5 Å². The van der Waals surface area contributed by atoms with Crippen LogP contribution in [0.3, 0.4) is 0 Å². The van der Waals surface area contributed by atoms with Gasteiger partial charge in [-0.2, -0.15) is 0 Å². The van der Waals surface area contributed by atoms with Gasteiger partial charge in [-0.3, -0.25) is 0 Å². The summed E-state index contributed by atoms with van der Waals surface area (Å²) in [6, 6.07) is 5.41. The fourth-order valence-corrected chi connectivity index (χ4v) is 1.18. The van der Waals surface area contributed by atoms with Gasteiger partial charge in [0, 0.05) is 6.61 Å². The van der Waals surface area contributed by atoms with E-state index in [1.165, 1.54) is 18.2 Å². The average Bonchev–Trinajstić information content (AvgIpc) is 2.26. The molecule has 0 aromatic heterocycles. The molecule has 1 aromatic carbocycles. The maximum Gasteiger partial charge on any atom is 0.338 e. The van der Waals surface area contributed by atoms with E-state index in [-0.39, 0.29) is 11.7 Å². The van der Waals surface area contributed by atoms with Crippen molar-refractivity contribution in [2.24, 2.45) is 0 Å². The fourth-order valence-electron chi connectivity index (χ4n) is 1.18. The first kappa shape index (κ1) is 12.6. The van der Waals surface area contributed by atoms with Crippen molar-refractivity contribution in [2.75, 3.05) is 13.2 Å². The molecule has 0 amide bonds. The highest BCUT2D eigenvalue weighted by Gasteiger charge is 2.12. The van der Waals surface area contributed by atoms with Crippen molar-refractivity contribution in [3.63, 3.8) is 0 Å². The zero-order valence-corrected chi connectivity index (χ0v) is 9.40. The second-order valence-electron chi connectivity index (χ2n) is 3.39. The molecule has 88 valence electrons. The smallest absolute Gasteiger partial charge is 0.338 e. The molecule has 0 radical (unpaired) electrons. The molecule has 1 rings (SSSR count). The maximum absolute atomic E-state index is 12.8. The fraction of sp³-hybridized carbons (Fsp3) is 0.417. The Balaban J connectivity index is 2.52. The van der Waals surface area contributed by atoms with Gasteiger partial charge in [0.05, 0.1) is 12.2 Å². The van der Waals surface area contributed by atoms with Crippen LogP contribution in [-0.2, 0) is 9.47 Å². The Morgan fingerprint density at radius 2 is 2.25 bits per heavy atom. The number of benzene rings is 1. The summed E-state index contributed by atoms with van der Waals surface area (Å²) in [5.74, 6) is -0.987. The van der Waals surface area contributed by atoms with Gasteiger partial charge >= 0.3 is 5.97 Å². The van der Waals surface area contributed by atoms with Crippen LogP contribution in [0.1, 0.15) is 24.2 Å². The summed E-state index contributed by atoms with van der Waals surface area (Å²) < 4.78 is 23.0. The monoisotopic (exact) mass is 226 g/mol. The van der Waals surface area contributed by atoms with Crippen LogP contribution in [0.4, 0.5) is 4.39 Å². The molecule has 0 aliphatic carbocycles. The van der Waals surface area contributed by atoms with Gasteiger partial charge in [0.15, 0.2) is 0 Å². The van der Waals surface area contributed by atoms with E-state index >= 15 is 0 Å². The van der Waals surface area contributed by atoms with E-state index < -0.39 is 11.8 Å². The molecule has 0 N–H and O–H groups in total. The molecule has 0 aliphatic rings. The van der Waals surface area contributed by atoms with Crippen LogP contribution in [0.25, 0.3) is 0 Å². The third kappa shape index (κ3) is 3.98.